The lowest BCUT2D eigenvalue weighted by molar-refractivity contribution is 0.500. The number of furan rings is 1. The van der Waals surface area contributed by atoms with Crippen molar-refractivity contribution < 1.29 is 4.42 Å². The Labute approximate surface area is 117 Å². The summed E-state index contributed by atoms with van der Waals surface area (Å²) < 4.78 is 5.53. The molecule has 0 aliphatic rings. The topological polar surface area (TPSA) is 25.2 Å². The molecule has 1 atom stereocenters. The Morgan fingerprint density at radius 2 is 1.89 bits per heavy atom. The first kappa shape index (κ1) is 13.3. The van der Waals surface area contributed by atoms with E-state index < -0.39 is 0 Å². The molecule has 0 saturated heterocycles. The molecule has 0 saturated carbocycles. The zero-order valence-corrected chi connectivity index (χ0v) is 12.1. The first-order valence-electron chi connectivity index (χ1n) is 5.76. The minimum atomic E-state index is 0.110. The van der Waals surface area contributed by atoms with Gasteiger partial charge in [0.05, 0.1) is 16.8 Å². The molecule has 2 aromatic rings. The molecule has 1 unspecified atom stereocenters. The molecular weight excluding hydrogens is 269 g/mol. The molecule has 1 heterocycles. The van der Waals surface area contributed by atoms with E-state index in [0.29, 0.717) is 10.0 Å². The van der Waals surface area contributed by atoms with Gasteiger partial charge in [-0.1, -0.05) is 23.2 Å². The van der Waals surface area contributed by atoms with Gasteiger partial charge in [-0.3, -0.25) is 0 Å². The van der Waals surface area contributed by atoms with E-state index in [0.717, 1.165) is 22.8 Å². The van der Waals surface area contributed by atoms with Gasteiger partial charge in [0, 0.05) is 10.6 Å². The van der Waals surface area contributed by atoms with Crippen LogP contribution in [0.2, 0.25) is 10.0 Å². The highest BCUT2D eigenvalue weighted by atomic mass is 35.5. The number of hydrogen-bond donors (Lipinski definition) is 1. The van der Waals surface area contributed by atoms with Gasteiger partial charge in [-0.25, -0.2) is 0 Å². The molecule has 2 rings (SSSR count). The lowest BCUT2D eigenvalue weighted by atomic mass is 10.1. The van der Waals surface area contributed by atoms with Crippen molar-refractivity contribution in [2.75, 3.05) is 5.32 Å². The van der Waals surface area contributed by atoms with E-state index in [-0.39, 0.29) is 6.04 Å². The highest BCUT2D eigenvalue weighted by Gasteiger charge is 2.13. The standard InChI is InChI=1S/C14H15Cl2NO/c1-8-6-12(10(3)18-8)9(2)17-14-7-11(15)4-5-13(14)16/h4-7,9,17H,1-3H3. The number of rotatable bonds is 3. The lowest BCUT2D eigenvalue weighted by Crippen LogP contribution is -2.07. The number of anilines is 1. The maximum absolute atomic E-state index is 6.13. The summed E-state index contributed by atoms with van der Waals surface area (Å²) in [6.45, 7) is 5.96. The van der Waals surface area contributed by atoms with Gasteiger partial charge in [-0.15, -0.1) is 0 Å². The van der Waals surface area contributed by atoms with Crippen LogP contribution in [0.4, 0.5) is 5.69 Å². The maximum Gasteiger partial charge on any atom is 0.106 e. The molecule has 0 bridgehead atoms. The molecule has 1 aromatic heterocycles. The quantitative estimate of drug-likeness (QED) is 0.818. The van der Waals surface area contributed by atoms with Crippen molar-refractivity contribution in [3.63, 3.8) is 0 Å². The summed E-state index contributed by atoms with van der Waals surface area (Å²) in [5.41, 5.74) is 1.96. The van der Waals surface area contributed by atoms with E-state index in [2.05, 4.69) is 12.2 Å². The summed E-state index contributed by atoms with van der Waals surface area (Å²) in [6.07, 6.45) is 0. The molecule has 0 radical (unpaired) electrons. The predicted octanol–water partition coefficient (Wildman–Crippen LogP) is 5.38. The zero-order chi connectivity index (χ0) is 13.3. The van der Waals surface area contributed by atoms with Crippen LogP contribution in [0.25, 0.3) is 0 Å². The van der Waals surface area contributed by atoms with Gasteiger partial charge in [0.1, 0.15) is 11.5 Å². The lowest BCUT2D eigenvalue weighted by Gasteiger charge is -2.16. The highest BCUT2D eigenvalue weighted by Crippen LogP contribution is 2.30. The van der Waals surface area contributed by atoms with Gasteiger partial charge in [0.2, 0.25) is 0 Å². The van der Waals surface area contributed by atoms with Crippen LogP contribution in [0.3, 0.4) is 0 Å². The number of aryl methyl sites for hydroxylation is 2. The van der Waals surface area contributed by atoms with E-state index in [4.69, 9.17) is 27.6 Å². The SMILES string of the molecule is Cc1cc(C(C)Nc2cc(Cl)ccc2Cl)c(C)o1. The Morgan fingerprint density at radius 3 is 2.50 bits per heavy atom. The average molecular weight is 284 g/mol. The summed E-state index contributed by atoms with van der Waals surface area (Å²) in [5, 5.41) is 4.66. The number of hydrogen-bond acceptors (Lipinski definition) is 2. The Hall–Kier alpha value is -1.12. The predicted molar refractivity (Wildman–Crippen MR) is 76.7 cm³/mol. The second-order valence-corrected chi connectivity index (χ2v) is 5.20. The summed E-state index contributed by atoms with van der Waals surface area (Å²) in [4.78, 5) is 0. The normalized spacial score (nSPS) is 12.5. The van der Waals surface area contributed by atoms with Crippen LogP contribution in [0.5, 0.6) is 0 Å². The highest BCUT2D eigenvalue weighted by molar-refractivity contribution is 6.35. The third kappa shape index (κ3) is 2.82. The molecule has 1 aromatic carbocycles. The van der Waals surface area contributed by atoms with Gasteiger partial charge in [-0.2, -0.15) is 0 Å². The number of benzene rings is 1. The van der Waals surface area contributed by atoms with Gasteiger partial charge < -0.3 is 9.73 Å². The summed E-state index contributed by atoms with van der Waals surface area (Å²) in [7, 11) is 0. The second-order valence-electron chi connectivity index (χ2n) is 4.36. The molecule has 96 valence electrons. The minimum absolute atomic E-state index is 0.110. The molecule has 18 heavy (non-hydrogen) atoms. The maximum atomic E-state index is 6.13. The van der Waals surface area contributed by atoms with Gasteiger partial charge in [0.25, 0.3) is 0 Å². The Kier molecular flexibility index (Phi) is 3.88. The zero-order valence-electron chi connectivity index (χ0n) is 10.6. The molecular formula is C14H15Cl2NO. The van der Waals surface area contributed by atoms with Crippen LogP contribution >= 0.6 is 23.2 Å². The fraction of sp³-hybridized carbons (Fsp3) is 0.286. The van der Waals surface area contributed by atoms with E-state index >= 15 is 0 Å². The average Bonchev–Trinajstić information content (AvgIpc) is 2.63. The van der Waals surface area contributed by atoms with Crippen molar-refractivity contribution in [1.29, 1.82) is 0 Å². The van der Waals surface area contributed by atoms with Crippen LogP contribution in [0.15, 0.2) is 28.7 Å². The third-order valence-corrected chi connectivity index (χ3v) is 3.41. The smallest absolute Gasteiger partial charge is 0.106 e. The van der Waals surface area contributed by atoms with Crippen molar-refractivity contribution in [2.45, 2.75) is 26.8 Å². The molecule has 0 fully saturated rings. The monoisotopic (exact) mass is 283 g/mol. The second kappa shape index (κ2) is 5.25. The molecule has 0 aliphatic heterocycles. The van der Waals surface area contributed by atoms with Crippen LogP contribution in [-0.4, -0.2) is 0 Å². The van der Waals surface area contributed by atoms with Crippen molar-refractivity contribution in [3.05, 3.63) is 51.4 Å². The van der Waals surface area contributed by atoms with E-state index in [1.165, 1.54) is 0 Å². The Balaban J connectivity index is 2.23. The Morgan fingerprint density at radius 1 is 1.17 bits per heavy atom. The van der Waals surface area contributed by atoms with Crippen molar-refractivity contribution in [1.82, 2.24) is 0 Å². The molecule has 0 aliphatic carbocycles. The van der Waals surface area contributed by atoms with Gasteiger partial charge in [-0.05, 0) is 45.0 Å². The largest absolute Gasteiger partial charge is 0.466 e. The van der Waals surface area contributed by atoms with Gasteiger partial charge in [0.15, 0.2) is 0 Å². The van der Waals surface area contributed by atoms with Crippen molar-refractivity contribution in [3.8, 4) is 0 Å². The first-order valence-corrected chi connectivity index (χ1v) is 6.51. The molecule has 4 heteroatoms. The molecule has 1 N–H and O–H groups in total. The van der Waals surface area contributed by atoms with Crippen molar-refractivity contribution in [2.24, 2.45) is 0 Å². The molecule has 0 amide bonds. The van der Waals surface area contributed by atoms with E-state index in [1.54, 1.807) is 12.1 Å². The first-order chi connectivity index (χ1) is 8.47. The third-order valence-electron chi connectivity index (χ3n) is 2.85. The van der Waals surface area contributed by atoms with Crippen LogP contribution in [0, 0.1) is 13.8 Å². The molecule has 0 spiro atoms. The van der Waals surface area contributed by atoms with Crippen molar-refractivity contribution >= 4 is 28.9 Å². The number of nitrogens with one attached hydrogen (secondary N) is 1. The summed E-state index contributed by atoms with van der Waals surface area (Å²) in [5.74, 6) is 1.83. The molecule has 2 nitrogen and oxygen atoms in total. The number of halogens is 2. The summed E-state index contributed by atoms with van der Waals surface area (Å²) >= 11 is 12.1. The van der Waals surface area contributed by atoms with E-state index in [1.807, 2.05) is 26.0 Å². The van der Waals surface area contributed by atoms with Crippen LogP contribution < -0.4 is 5.32 Å². The fourth-order valence-electron chi connectivity index (χ4n) is 2.00. The minimum Gasteiger partial charge on any atom is -0.466 e. The van der Waals surface area contributed by atoms with Gasteiger partial charge >= 0.3 is 0 Å². The fourth-order valence-corrected chi connectivity index (χ4v) is 2.34. The van der Waals surface area contributed by atoms with Crippen LogP contribution in [-0.2, 0) is 0 Å². The Bertz CT molecular complexity index is 563. The van der Waals surface area contributed by atoms with Crippen LogP contribution in [0.1, 0.15) is 30.0 Å². The van der Waals surface area contributed by atoms with E-state index in [9.17, 15) is 0 Å². The summed E-state index contributed by atoms with van der Waals surface area (Å²) in [6, 6.07) is 7.52.